The fourth-order valence-corrected chi connectivity index (χ4v) is 3.96. The molecule has 1 atom stereocenters. The van der Waals surface area contributed by atoms with Gasteiger partial charge in [-0.15, -0.1) is 0 Å². The molecule has 2 aliphatic rings. The Balaban J connectivity index is 1.81. The van der Waals surface area contributed by atoms with Crippen LogP contribution < -0.4 is 0 Å². The van der Waals surface area contributed by atoms with Crippen LogP contribution in [0.3, 0.4) is 0 Å². The molecule has 2 rings (SSSR count). The molecule has 0 N–H and O–H groups in total. The van der Waals surface area contributed by atoms with E-state index >= 15 is 0 Å². The molecule has 96 valence electrons. The summed E-state index contributed by atoms with van der Waals surface area (Å²) in [5.74, 6) is 2.40. The second-order valence-corrected chi connectivity index (χ2v) is 8.09. The van der Waals surface area contributed by atoms with Crippen LogP contribution >= 0.6 is 31.9 Å². The normalized spacial score (nSPS) is 34.1. The highest BCUT2D eigenvalue weighted by molar-refractivity contribution is 9.28. The molecular weight excluding hydrogens is 347 g/mol. The van der Waals surface area contributed by atoms with E-state index in [1.165, 1.54) is 25.7 Å². The number of hydrogen-bond donors (Lipinski definition) is 0. The average Bonchev–Trinajstić information content (AvgIpc) is 2.30. The first-order valence-corrected chi connectivity index (χ1v) is 8.11. The lowest BCUT2D eigenvalue weighted by Crippen LogP contribution is -2.22. The van der Waals surface area contributed by atoms with Crippen molar-refractivity contribution in [2.24, 2.45) is 17.8 Å². The number of allylic oxidation sites excluding steroid dienone is 3. The van der Waals surface area contributed by atoms with E-state index in [4.69, 9.17) is 0 Å². The molecule has 0 amide bonds. The van der Waals surface area contributed by atoms with Crippen molar-refractivity contribution >= 4 is 31.9 Å². The van der Waals surface area contributed by atoms with E-state index in [9.17, 15) is 4.39 Å². The van der Waals surface area contributed by atoms with Crippen LogP contribution in [0, 0.1) is 17.8 Å². The monoisotopic (exact) mass is 364 g/mol. The van der Waals surface area contributed by atoms with Gasteiger partial charge in [-0.05, 0) is 94.6 Å². The molecule has 0 bridgehead atoms. The van der Waals surface area contributed by atoms with Gasteiger partial charge in [0.05, 0.1) is 9.22 Å². The molecule has 0 aliphatic heterocycles. The fraction of sp³-hybridized carbons (Fsp3) is 0.714. The maximum absolute atomic E-state index is 13.0. The van der Waals surface area contributed by atoms with Gasteiger partial charge in [-0.25, -0.2) is 4.39 Å². The van der Waals surface area contributed by atoms with Gasteiger partial charge in [0.2, 0.25) is 0 Å². The molecule has 17 heavy (non-hydrogen) atoms. The molecule has 0 spiro atoms. The summed E-state index contributed by atoms with van der Waals surface area (Å²) in [7, 11) is 0. The highest BCUT2D eigenvalue weighted by Crippen LogP contribution is 2.40. The van der Waals surface area contributed by atoms with Crippen LogP contribution in [0.2, 0.25) is 0 Å². The Kier molecular flexibility index (Phi) is 5.28. The molecule has 1 fully saturated rings. The molecule has 1 saturated carbocycles. The fourth-order valence-electron chi connectivity index (χ4n) is 3.21. The van der Waals surface area contributed by atoms with Crippen molar-refractivity contribution in [2.75, 3.05) is 0 Å². The molecule has 1 unspecified atom stereocenters. The smallest absolute Gasteiger partial charge is 0.0960 e. The van der Waals surface area contributed by atoms with Gasteiger partial charge < -0.3 is 0 Å². The van der Waals surface area contributed by atoms with E-state index in [0.717, 1.165) is 34.0 Å². The van der Waals surface area contributed by atoms with Gasteiger partial charge in [0.1, 0.15) is 0 Å². The molecule has 3 heteroatoms. The molecule has 2 aliphatic carbocycles. The summed E-state index contributed by atoms with van der Waals surface area (Å²) >= 11 is 6.87. The maximum atomic E-state index is 13.0. The van der Waals surface area contributed by atoms with E-state index in [0.29, 0.717) is 6.42 Å². The lowest BCUT2D eigenvalue weighted by molar-refractivity contribution is 0.205. The number of rotatable bonds is 2. The van der Waals surface area contributed by atoms with Crippen LogP contribution in [0.15, 0.2) is 21.4 Å². The Labute approximate surface area is 120 Å². The van der Waals surface area contributed by atoms with Crippen molar-refractivity contribution in [3.05, 3.63) is 21.4 Å². The van der Waals surface area contributed by atoms with Crippen molar-refractivity contribution in [3.8, 4) is 0 Å². The van der Waals surface area contributed by atoms with E-state index in [1.54, 1.807) is 0 Å². The summed E-state index contributed by atoms with van der Waals surface area (Å²) in [5, 5.41) is 0. The molecule has 0 nitrogen and oxygen atoms in total. The van der Waals surface area contributed by atoms with Gasteiger partial charge in [0, 0.05) is 0 Å². The predicted octanol–water partition coefficient (Wildman–Crippen LogP) is 6.08. The van der Waals surface area contributed by atoms with Crippen LogP contribution in [-0.4, -0.2) is 0 Å². The zero-order valence-electron chi connectivity index (χ0n) is 9.97. The van der Waals surface area contributed by atoms with Crippen LogP contribution in [0.1, 0.15) is 44.9 Å². The Morgan fingerprint density at radius 2 is 1.82 bits per heavy atom. The predicted molar refractivity (Wildman–Crippen MR) is 77.9 cm³/mol. The van der Waals surface area contributed by atoms with Gasteiger partial charge in [-0.1, -0.05) is 12.2 Å². The molecule has 0 saturated heterocycles. The van der Waals surface area contributed by atoms with E-state index in [-0.39, 0.29) is 5.83 Å². The minimum absolute atomic E-state index is 0.112. The van der Waals surface area contributed by atoms with Crippen molar-refractivity contribution < 1.29 is 4.39 Å². The largest absolute Gasteiger partial charge is 0.212 e. The lowest BCUT2D eigenvalue weighted by atomic mass is 9.72. The zero-order valence-corrected chi connectivity index (χ0v) is 13.1. The van der Waals surface area contributed by atoms with Gasteiger partial charge in [-0.2, -0.15) is 0 Å². The maximum Gasteiger partial charge on any atom is 0.0960 e. The summed E-state index contributed by atoms with van der Waals surface area (Å²) in [6.07, 6.45) is 12.0. The Morgan fingerprint density at radius 1 is 1.12 bits per heavy atom. The number of hydrogen-bond acceptors (Lipinski definition) is 0. The first-order chi connectivity index (χ1) is 8.15. The minimum atomic E-state index is 0.112. The summed E-state index contributed by atoms with van der Waals surface area (Å²) in [4.78, 5) is 0. The Bertz CT molecular complexity index is 310. The number of halogens is 3. The third-order valence-electron chi connectivity index (χ3n) is 4.24. The summed E-state index contributed by atoms with van der Waals surface area (Å²) < 4.78 is 14.1. The molecule has 0 aromatic heterocycles. The highest BCUT2D eigenvalue weighted by Gasteiger charge is 2.28. The molecule has 0 aromatic carbocycles. The van der Waals surface area contributed by atoms with Crippen molar-refractivity contribution in [2.45, 2.75) is 44.9 Å². The van der Waals surface area contributed by atoms with Crippen molar-refractivity contribution in [1.29, 1.82) is 0 Å². The first-order valence-electron chi connectivity index (χ1n) is 6.52. The van der Waals surface area contributed by atoms with Gasteiger partial charge in [0.15, 0.2) is 0 Å². The second kappa shape index (κ2) is 6.51. The molecule has 0 heterocycles. The van der Waals surface area contributed by atoms with Crippen LogP contribution in [-0.2, 0) is 0 Å². The Morgan fingerprint density at radius 3 is 2.35 bits per heavy atom. The van der Waals surface area contributed by atoms with Crippen LogP contribution in [0.25, 0.3) is 0 Å². The molecule has 0 radical (unpaired) electrons. The van der Waals surface area contributed by atoms with E-state index in [2.05, 4.69) is 37.9 Å². The van der Waals surface area contributed by atoms with Crippen LogP contribution in [0.5, 0.6) is 0 Å². The van der Waals surface area contributed by atoms with Crippen LogP contribution in [0.4, 0.5) is 4.39 Å². The minimum Gasteiger partial charge on any atom is -0.212 e. The van der Waals surface area contributed by atoms with Crippen molar-refractivity contribution in [1.82, 2.24) is 0 Å². The SMILES string of the molecule is FC1=CCC([C@H]2CC[C@H](C=C(Br)Br)CC2)CC1. The highest BCUT2D eigenvalue weighted by atomic mass is 79.9. The lowest BCUT2D eigenvalue weighted by Gasteiger charge is -2.34. The third kappa shape index (κ3) is 4.20. The topological polar surface area (TPSA) is 0 Å². The standard InChI is InChI=1S/C14H19Br2F/c15-14(16)9-10-1-3-11(4-2-10)12-5-7-13(17)8-6-12/h7,9-12H,1-6,8H2/t10-,11-,12?. The van der Waals surface area contributed by atoms with Gasteiger partial charge >= 0.3 is 0 Å². The quantitative estimate of drug-likeness (QED) is 0.556. The zero-order chi connectivity index (χ0) is 12.3. The molecular formula is C14H19Br2F. The summed E-state index contributed by atoms with van der Waals surface area (Å²) in [6.45, 7) is 0. The third-order valence-corrected chi connectivity index (χ3v) is 4.77. The second-order valence-electron chi connectivity index (χ2n) is 5.32. The average molecular weight is 366 g/mol. The summed E-state index contributed by atoms with van der Waals surface area (Å²) in [5.41, 5.74) is 0. The van der Waals surface area contributed by atoms with E-state index in [1.807, 2.05) is 6.08 Å². The van der Waals surface area contributed by atoms with Gasteiger partial charge in [0.25, 0.3) is 0 Å². The van der Waals surface area contributed by atoms with Gasteiger partial charge in [-0.3, -0.25) is 0 Å². The van der Waals surface area contributed by atoms with Crippen molar-refractivity contribution in [3.63, 3.8) is 0 Å². The summed E-state index contributed by atoms with van der Waals surface area (Å²) in [6, 6.07) is 0. The molecule has 0 aromatic rings. The first kappa shape index (κ1) is 13.8. The Hall–Kier alpha value is 0.370. The van der Waals surface area contributed by atoms with E-state index < -0.39 is 0 Å².